The van der Waals surface area contributed by atoms with Gasteiger partial charge in [0.15, 0.2) is 0 Å². The maximum Gasteiger partial charge on any atom is 0.0835 e. The van der Waals surface area contributed by atoms with Gasteiger partial charge in [0, 0.05) is 18.9 Å². The first-order valence-corrected chi connectivity index (χ1v) is 9.49. The third-order valence-electron chi connectivity index (χ3n) is 5.38. The summed E-state index contributed by atoms with van der Waals surface area (Å²) >= 11 is 0. The Bertz CT molecular complexity index is 1040. The van der Waals surface area contributed by atoms with Gasteiger partial charge in [0.25, 0.3) is 0 Å². The fourth-order valence-corrected chi connectivity index (χ4v) is 3.72. The van der Waals surface area contributed by atoms with E-state index in [0.717, 1.165) is 28.2 Å². The Morgan fingerprint density at radius 1 is 1.14 bits per heavy atom. The minimum Gasteiger partial charge on any atom is -0.354 e. The Kier molecular flexibility index (Phi) is 5.70. The van der Waals surface area contributed by atoms with Gasteiger partial charge in [0.2, 0.25) is 0 Å². The molecule has 3 rings (SSSR count). The lowest BCUT2D eigenvalue weighted by Gasteiger charge is -2.23. The molecule has 3 aromatic rings. The Labute approximate surface area is 168 Å². The van der Waals surface area contributed by atoms with Crippen molar-refractivity contribution in [1.29, 1.82) is 0 Å². The Hall–Kier alpha value is -3.25. The molecule has 142 valence electrons. The van der Waals surface area contributed by atoms with E-state index in [4.69, 9.17) is 6.42 Å². The molecule has 0 spiro atoms. The van der Waals surface area contributed by atoms with Gasteiger partial charge in [-0.2, -0.15) is 5.10 Å². The molecule has 0 saturated heterocycles. The first kappa shape index (κ1) is 19.5. The van der Waals surface area contributed by atoms with Crippen LogP contribution in [0.25, 0.3) is 5.70 Å². The summed E-state index contributed by atoms with van der Waals surface area (Å²) in [7, 11) is 1.91. The fourth-order valence-electron chi connectivity index (χ4n) is 3.72. The van der Waals surface area contributed by atoms with Crippen LogP contribution < -0.4 is 5.32 Å². The van der Waals surface area contributed by atoms with Crippen molar-refractivity contribution in [3.8, 4) is 12.3 Å². The highest BCUT2D eigenvalue weighted by Gasteiger charge is 2.21. The molecule has 0 aliphatic rings. The van der Waals surface area contributed by atoms with Crippen molar-refractivity contribution in [1.82, 2.24) is 9.78 Å². The number of aromatic nitrogens is 2. The topological polar surface area (TPSA) is 29.9 Å². The largest absolute Gasteiger partial charge is 0.354 e. The predicted molar refractivity (Wildman–Crippen MR) is 118 cm³/mol. The van der Waals surface area contributed by atoms with E-state index >= 15 is 0 Å². The minimum absolute atomic E-state index is 0.0223. The molecule has 0 aliphatic heterocycles. The van der Waals surface area contributed by atoms with Crippen LogP contribution in [-0.4, -0.2) is 9.78 Å². The molecule has 3 nitrogen and oxygen atoms in total. The van der Waals surface area contributed by atoms with Crippen LogP contribution in [0, 0.1) is 26.2 Å². The molecule has 1 heterocycles. The molecule has 0 aliphatic carbocycles. The number of anilines is 1. The molecule has 0 saturated carbocycles. The van der Waals surface area contributed by atoms with Crippen LogP contribution in [0.1, 0.15) is 46.7 Å². The van der Waals surface area contributed by atoms with Crippen molar-refractivity contribution in [2.24, 2.45) is 7.05 Å². The number of rotatable bonds is 6. The molecule has 0 bridgehead atoms. The van der Waals surface area contributed by atoms with Gasteiger partial charge >= 0.3 is 0 Å². The highest BCUT2D eigenvalue weighted by Crippen LogP contribution is 2.35. The zero-order valence-electron chi connectivity index (χ0n) is 17.0. The molecule has 3 heteroatoms. The van der Waals surface area contributed by atoms with Crippen molar-refractivity contribution >= 4 is 11.4 Å². The van der Waals surface area contributed by atoms with Crippen molar-refractivity contribution in [3.63, 3.8) is 0 Å². The smallest absolute Gasteiger partial charge is 0.0835 e. The standard InChI is InChI=1S/C25H27N3/c1-7-22(19(4)23-11-9-8-10-17(23)2)21-12-13-24(18(3)16-21)27-20(5)25-14-15-26-28(25)6/h1,8-16,19,22,27H,5H2,2-4,6H3. The highest BCUT2D eigenvalue weighted by atomic mass is 15.3. The number of benzene rings is 2. The van der Waals surface area contributed by atoms with Crippen LogP contribution in [0.5, 0.6) is 0 Å². The second kappa shape index (κ2) is 8.19. The zero-order valence-corrected chi connectivity index (χ0v) is 17.0. The molecule has 2 aromatic carbocycles. The summed E-state index contributed by atoms with van der Waals surface area (Å²) in [6.45, 7) is 10.6. The lowest BCUT2D eigenvalue weighted by Crippen LogP contribution is -2.09. The number of nitrogens with zero attached hydrogens (tertiary/aromatic N) is 2. The molecule has 2 unspecified atom stereocenters. The quantitative estimate of drug-likeness (QED) is 0.570. The second-order valence-electron chi connectivity index (χ2n) is 7.31. The van der Waals surface area contributed by atoms with Crippen LogP contribution in [0.4, 0.5) is 5.69 Å². The summed E-state index contributed by atoms with van der Waals surface area (Å²) in [5.41, 5.74) is 7.67. The van der Waals surface area contributed by atoms with Gasteiger partial charge in [-0.3, -0.25) is 4.68 Å². The molecular formula is C25H27N3. The summed E-state index contributed by atoms with van der Waals surface area (Å²) < 4.78 is 1.80. The third kappa shape index (κ3) is 3.87. The molecule has 0 radical (unpaired) electrons. The van der Waals surface area contributed by atoms with E-state index in [1.807, 2.05) is 13.1 Å². The van der Waals surface area contributed by atoms with E-state index in [2.05, 4.69) is 86.2 Å². The average Bonchev–Trinajstić information content (AvgIpc) is 3.10. The van der Waals surface area contributed by atoms with Crippen molar-refractivity contribution < 1.29 is 0 Å². The maximum absolute atomic E-state index is 5.95. The van der Waals surface area contributed by atoms with Crippen LogP contribution >= 0.6 is 0 Å². The Morgan fingerprint density at radius 2 is 1.89 bits per heavy atom. The van der Waals surface area contributed by atoms with Crippen molar-refractivity contribution in [2.75, 3.05) is 5.32 Å². The molecule has 0 amide bonds. The molecule has 1 aromatic heterocycles. The van der Waals surface area contributed by atoms with Crippen LogP contribution in [0.15, 0.2) is 61.3 Å². The number of nitrogens with one attached hydrogen (secondary N) is 1. The van der Waals surface area contributed by atoms with E-state index in [1.54, 1.807) is 10.9 Å². The van der Waals surface area contributed by atoms with Gasteiger partial charge < -0.3 is 5.32 Å². The van der Waals surface area contributed by atoms with Crippen LogP contribution in [0.3, 0.4) is 0 Å². The van der Waals surface area contributed by atoms with E-state index in [1.165, 1.54) is 11.1 Å². The summed E-state index contributed by atoms with van der Waals surface area (Å²) in [5.74, 6) is 3.28. The summed E-state index contributed by atoms with van der Waals surface area (Å²) in [4.78, 5) is 0. The van der Waals surface area contributed by atoms with E-state index in [9.17, 15) is 0 Å². The molecular weight excluding hydrogens is 342 g/mol. The summed E-state index contributed by atoms with van der Waals surface area (Å²) in [6.07, 6.45) is 7.72. The fraction of sp³-hybridized carbons (Fsp3) is 0.240. The number of hydrogen-bond donors (Lipinski definition) is 1. The Balaban J connectivity index is 1.84. The van der Waals surface area contributed by atoms with Gasteiger partial charge in [-0.25, -0.2) is 0 Å². The normalized spacial score (nSPS) is 12.8. The van der Waals surface area contributed by atoms with Crippen LogP contribution in [0.2, 0.25) is 0 Å². The third-order valence-corrected chi connectivity index (χ3v) is 5.38. The number of hydrogen-bond acceptors (Lipinski definition) is 2. The molecule has 2 atom stereocenters. The minimum atomic E-state index is 0.0223. The molecule has 28 heavy (non-hydrogen) atoms. The second-order valence-corrected chi connectivity index (χ2v) is 7.31. The van der Waals surface area contributed by atoms with Gasteiger partial charge in [-0.05, 0) is 54.2 Å². The summed E-state index contributed by atoms with van der Waals surface area (Å²) in [6, 6.07) is 16.8. The van der Waals surface area contributed by atoms with Gasteiger partial charge in [-0.1, -0.05) is 55.8 Å². The molecule has 0 fully saturated rings. The SMILES string of the molecule is C#CC(c1ccc(NC(=C)c2ccnn2C)c(C)c1)C(C)c1ccccc1C. The maximum atomic E-state index is 5.95. The van der Waals surface area contributed by atoms with E-state index in [0.29, 0.717) is 0 Å². The zero-order chi connectivity index (χ0) is 20.3. The van der Waals surface area contributed by atoms with Crippen LogP contribution in [-0.2, 0) is 7.05 Å². The molecule has 1 N–H and O–H groups in total. The number of terminal acetylenes is 1. The average molecular weight is 370 g/mol. The number of aryl methyl sites for hydroxylation is 3. The Morgan fingerprint density at radius 3 is 2.50 bits per heavy atom. The monoisotopic (exact) mass is 369 g/mol. The van der Waals surface area contributed by atoms with Gasteiger partial charge in [0.05, 0.1) is 17.3 Å². The lowest BCUT2D eigenvalue weighted by molar-refractivity contribution is 0.689. The van der Waals surface area contributed by atoms with Crippen molar-refractivity contribution in [3.05, 3.63) is 89.3 Å². The van der Waals surface area contributed by atoms with Gasteiger partial charge in [-0.15, -0.1) is 6.42 Å². The van der Waals surface area contributed by atoms with Crippen molar-refractivity contribution in [2.45, 2.75) is 32.6 Å². The highest BCUT2D eigenvalue weighted by molar-refractivity contribution is 5.75. The van der Waals surface area contributed by atoms with E-state index < -0.39 is 0 Å². The van der Waals surface area contributed by atoms with Gasteiger partial charge in [0.1, 0.15) is 0 Å². The summed E-state index contributed by atoms with van der Waals surface area (Å²) in [5, 5.41) is 7.60. The van der Waals surface area contributed by atoms with E-state index in [-0.39, 0.29) is 11.8 Å². The first-order chi connectivity index (χ1) is 13.4. The first-order valence-electron chi connectivity index (χ1n) is 9.49. The lowest BCUT2D eigenvalue weighted by atomic mass is 9.81. The predicted octanol–water partition coefficient (Wildman–Crippen LogP) is 5.64.